The van der Waals surface area contributed by atoms with Gasteiger partial charge in [-0.1, -0.05) is 19.3 Å². The van der Waals surface area contributed by atoms with E-state index in [1.807, 2.05) is 0 Å². The van der Waals surface area contributed by atoms with Crippen LogP contribution in [0.4, 0.5) is 13.2 Å². The molecular weight excluding hydrogens is 283 g/mol. The zero-order valence-electron chi connectivity index (χ0n) is 12.0. The van der Waals surface area contributed by atoms with Crippen molar-refractivity contribution in [1.29, 1.82) is 0 Å². The van der Waals surface area contributed by atoms with Crippen LogP contribution in [0.25, 0.3) is 0 Å². The molecule has 21 heavy (non-hydrogen) atoms. The zero-order chi connectivity index (χ0) is 15.7. The van der Waals surface area contributed by atoms with E-state index in [1.165, 1.54) is 13.2 Å². The molecule has 0 atom stereocenters. The van der Waals surface area contributed by atoms with Gasteiger partial charge in [0.15, 0.2) is 11.5 Å². The number of phenolic OH excluding ortho intramolecular Hbond substituents is 1. The molecule has 118 valence electrons. The topological polar surface area (TPSA) is 55.5 Å². The molecule has 0 heterocycles. The highest BCUT2D eigenvalue weighted by Crippen LogP contribution is 2.46. The Kier molecular flexibility index (Phi) is 4.37. The predicted molar refractivity (Wildman–Crippen MR) is 73.5 cm³/mol. The fourth-order valence-corrected chi connectivity index (χ4v) is 3.12. The molecule has 0 spiro atoms. The maximum atomic E-state index is 13.1. The van der Waals surface area contributed by atoms with Crippen molar-refractivity contribution in [2.75, 3.05) is 13.7 Å². The van der Waals surface area contributed by atoms with Crippen LogP contribution in [-0.2, 0) is 11.6 Å². The first-order valence-corrected chi connectivity index (χ1v) is 7.03. The lowest BCUT2D eigenvalue weighted by Crippen LogP contribution is -2.37. The van der Waals surface area contributed by atoms with Crippen LogP contribution in [0.5, 0.6) is 11.5 Å². The molecule has 1 aliphatic rings. The van der Waals surface area contributed by atoms with Crippen molar-refractivity contribution in [1.82, 2.24) is 0 Å². The highest BCUT2D eigenvalue weighted by molar-refractivity contribution is 5.51. The van der Waals surface area contributed by atoms with Crippen LogP contribution >= 0.6 is 0 Å². The van der Waals surface area contributed by atoms with Crippen molar-refractivity contribution in [3.8, 4) is 11.5 Å². The monoisotopic (exact) mass is 303 g/mol. The Morgan fingerprint density at radius 3 is 2.33 bits per heavy atom. The Bertz CT molecular complexity index is 508. The smallest absolute Gasteiger partial charge is 0.420 e. The van der Waals surface area contributed by atoms with Crippen LogP contribution in [0.1, 0.15) is 43.2 Å². The third-order valence-electron chi connectivity index (χ3n) is 4.41. The third-order valence-corrected chi connectivity index (χ3v) is 4.41. The van der Waals surface area contributed by atoms with Crippen LogP contribution < -0.4 is 10.5 Å². The van der Waals surface area contributed by atoms with Gasteiger partial charge >= 0.3 is 6.18 Å². The second-order valence-electron chi connectivity index (χ2n) is 5.62. The Morgan fingerprint density at radius 2 is 1.86 bits per heavy atom. The summed E-state index contributed by atoms with van der Waals surface area (Å²) < 4.78 is 44.2. The summed E-state index contributed by atoms with van der Waals surface area (Å²) in [7, 11) is 1.25. The number of hydrogen-bond donors (Lipinski definition) is 2. The molecule has 0 unspecified atom stereocenters. The predicted octanol–water partition coefficient (Wildman–Crippen LogP) is 3.58. The molecule has 1 aromatic rings. The highest BCUT2D eigenvalue weighted by atomic mass is 19.4. The minimum Gasteiger partial charge on any atom is -0.504 e. The second-order valence-corrected chi connectivity index (χ2v) is 5.62. The number of alkyl halides is 3. The van der Waals surface area contributed by atoms with Gasteiger partial charge in [0, 0.05) is 12.0 Å². The Morgan fingerprint density at radius 1 is 1.24 bits per heavy atom. The fraction of sp³-hybridized carbons (Fsp3) is 0.600. The van der Waals surface area contributed by atoms with Gasteiger partial charge in [-0.2, -0.15) is 13.2 Å². The second kappa shape index (κ2) is 5.75. The maximum absolute atomic E-state index is 13.1. The van der Waals surface area contributed by atoms with E-state index < -0.39 is 22.9 Å². The van der Waals surface area contributed by atoms with Crippen LogP contribution in [0.3, 0.4) is 0 Å². The first kappa shape index (κ1) is 15.9. The largest absolute Gasteiger partial charge is 0.504 e. The number of hydrogen-bond acceptors (Lipinski definition) is 3. The first-order chi connectivity index (χ1) is 9.84. The summed E-state index contributed by atoms with van der Waals surface area (Å²) in [6.07, 6.45) is -0.145. The van der Waals surface area contributed by atoms with Crippen LogP contribution in [0.15, 0.2) is 12.1 Å². The molecular formula is C15H20F3NO2. The Balaban J connectivity index is 2.58. The van der Waals surface area contributed by atoms with Gasteiger partial charge in [-0.3, -0.25) is 0 Å². The van der Waals surface area contributed by atoms with Crippen molar-refractivity contribution in [3.63, 3.8) is 0 Å². The number of benzene rings is 1. The van der Waals surface area contributed by atoms with Gasteiger partial charge in [-0.05, 0) is 30.5 Å². The highest BCUT2D eigenvalue weighted by Gasteiger charge is 2.39. The summed E-state index contributed by atoms with van der Waals surface area (Å²) in [5.74, 6) is -1.02. The van der Waals surface area contributed by atoms with Gasteiger partial charge in [0.25, 0.3) is 0 Å². The van der Waals surface area contributed by atoms with Crippen LogP contribution in [-0.4, -0.2) is 18.8 Å². The summed E-state index contributed by atoms with van der Waals surface area (Å²) in [4.78, 5) is 0. The van der Waals surface area contributed by atoms with E-state index in [0.717, 1.165) is 38.2 Å². The van der Waals surface area contributed by atoms with Gasteiger partial charge in [0.05, 0.1) is 7.11 Å². The minimum atomic E-state index is -4.63. The molecule has 1 fully saturated rings. The number of rotatable bonds is 3. The van der Waals surface area contributed by atoms with Gasteiger partial charge in [-0.25, -0.2) is 0 Å². The molecule has 0 saturated heterocycles. The molecule has 1 saturated carbocycles. The van der Waals surface area contributed by atoms with Crippen LogP contribution in [0, 0.1) is 0 Å². The standard InChI is InChI=1S/C15H20F3NO2/c1-21-12-8-10(7-11(13(12)20)15(16,17)18)14(9-19)5-3-2-4-6-14/h7-8,20H,2-6,9,19H2,1H3. The lowest BCUT2D eigenvalue weighted by Gasteiger charge is -2.37. The molecule has 0 amide bonds. The summed E-state index contributed by atoms with van der Waals surface area (Å²) in [5.41, 5.74) is 4.86. The molecule has 0 radical (unpaired) electrons. The average molecular weight is 303 g/mol. The Labute approximate surface area is 121 Å². The summed E-state index contributed by atoms with van der Waals surface area (Å²) in [5, 5.41) is 9.73. The molecule has 2 rings (SSSR count). The van der Waals surface area contributed by atoms with Gasteiger partial charge in [-0.15, -0.1) is 0 Å². The quantitative estimate of drug-likeness (QED) is 0.897. The summed E-state index contributed by atoms with van der Waals surface area (Å²) in [6.45, 7) is 0.290. The summed E-state index contributed by atoms with van der Waals surface area (Å²) in [6, 6.07) is 2.51. The maximum Gasteiger partial charge on any atom is 0.420 e. The van der Waals surface area contributed by atoms with Crippen molar-refractivity contribution in [2.45, 2.75) is 43.7 Å². The van der Waals surface area contributed by atoms with Gasteiger partial charge in [0.2, 0.25) is 0 Å². The van der Waals surface area contributed by atoms with Crippen LogP contribution in [0.2, 0.25) is 0 Å². The molecule has 0 aliphatic heterocycles. The number of phenols is 1. The minimum absolute atomic E-state index is 0.154. The third kappa shape index (κ3) is 2.95. The van der Waals surface area contributed by atoms with E-state index >= 15 is 0 Å². The van der Waals surface area contributed by atoms with Crippen molar-refractivity contribution < 1.29 is 23.0 Å². The summed E-state index contributed by atoms with van der Waals surface area (Å²) >= 11 is 0. The molecule has 1 aliphatic carbocycles. The number of methoxy groups -OCH3 is 1. The molecule has 0 bridgehead atoms. The fourth-order valence-electron chi connectivity index (χ4n) is 3.12. The van der Waals surface area contributed by atoms with E-state index in [4.69, 9.17) is 10.5 Å². The number of aromatic hydroxyl groups is 1. The van der Waals surface area contributed by atoms with E-state index in [-0.39, 0.29) is 12.3 Å². The molecule has 6 heteroatoms. The SMILES string of the molecule is COc1cc(C2(CN)CCCCC2)cc(C(F)(F)F)c1O. The van der Waals surface area contributed by atoms with E-state index in [2.05, 4.69) is 0 Å². The molecule has 1 aromatic carbocycles. The van der Waals surface area contributed by atoms with Gasteiger partial charge < -0.3 is 15.6 Å². The van der Waals surface area contributed by atoms with E-state index in [1.54, 1.807) is 0 Å². The molecule has 3 N–H and O–H groups in total. The average Bonchev–Trinajstić information content (AvgIpc) is 2.47. The number of nitrogens with two attached hydrogens (primary N) is 1. The molecule has 0 aromatic heterocycles. The first-order valence-electron chi connectivity index (χ1n) is 7.03. The van der Waals surface area contributed by atoms with E-state index in [9.17, 15) is 18.3 Å². The molecule has 3 nitrogen and oxygen atoms in total. The number of halogens is 3. The lowest BCUT2D eigenvalue weighted by atomic mass is 9.69. The lowest BCUT2D eigenvalue weighted by molar-refractivity contribution is -0.139. The van der Waals surface area contributed by atoms with E-state index in [0.29, 0.717) is 5.56 Å². The van der Waals surface area contributed by atoms with Gasteiger partial charge in [0.1, 0.15) is 5.56 Å². The zero-order valence-corrected chi connectivity index (χ0v) is 12.0. The Hall–Kier alpha value is -1.43. The normalized spacial score (nSPS) is 18.5. The number of ether oxygens (including phenoxy) is 1. The van der Waals surface area contributed by atoms with Crippen molar-refractivity contribution >= 4 is 0 Å². The van der Waals surface area contributed by atoms with Crippen molar-refractivity contribution in [3.05, 3.63) is 23.3 Å². The van der Waals surface area contributed by atoms with Crippen molar-refractivity contribution in [2.24, 2.45) is 5.73 Å².